The lowest BCUT2D eigenvalue weighted by Crippen LogP contribution is -2.48. The van der Waals surface area contributed by atoms with E-state index in [2.05, 4.69) is 42.8 Å². The lowest BCUT2D eigenvalue weighted by molar-refractivity contribution is 0.151. The second kappa shape index (κ2) is 7.24. The van der Waals surface area contributed by atoms with Crippen LogP contribution in [-0.2, 0) is 0 Å². The molecule has 20 heavy (non-hydrogen) atoms. The summed E-state index contributed by atoms with van der Waals surface area (Å²) in [6.45, 7) is 15.6. The van der Waals surface area contributed by atoms with Gasteiger partial charge in [0.1, 0.15) is 0 Å². The van der Waals surface area contributed by atoms with Crippen molar-refractivity contribution >= 4 is 0 Å². The van der Waals surface area contributed by atoms with E-state index in [0.29, 0.717) is 6.04 Å². The third-order valence-corrected chi connectivity index (χ3v) is 5.49. The fraction of sp³-hybridized carbons (Fsp3) is 1.00. The Hall–Kier alpha value is -0.120. The van der Waals surface area contributed by atoms with E-state index in [0.717, 1.165) is 12.6 Å². The highest BCUT2D eigenvalue weighted by molar-refractivity contribution is 4.88. The van der Waals surface area contributed by atoms with Gasteiger partial charge in [-0.1, -0.05) is 13.3 Å². The first-order valence-electron chi connectivity index (χ1n) is 8.75. The molecule has 0 saturated carbocycles. The van der Waals surface area contributed by atoms with Crippen LogP contribution in [0.25, 0.3) is 0 Å². The van der Waals surface area contributed by atoms with Gasteiger partial charge in [-0.25, -0.2) is 0 Å². The van der Waals surface area contributed by atoms with Gasteiger partial charge in [0.05, 0.1) is 0 Å². The summed E-state index contributed by atoms with van der Waals surface area (Å²) >= 11 is 0. The van der Waals surface area contributed by atoms with Crippen molar-refractivity contribution in [1.82, 2.24) is 15.1 Å². The highest BCUT2D eigenvalue weighted by atomic mass is 15.3. The van der Waals surface area contributed by atoms with Crippen LogP contribution in [0.5, 0.6) is 0 Å². The number of rotatable bonds is 6. The fourth-order valence-electron chi connectivity index (χ4n) is 3.43. The van der Waals surface area contributed by atoms with Crippen molar-refractivity contribution < 1.29 is 0 Å². The molecule has 0 aromatic carbocycles. The van der Waals surface area contributed by atoms with Gasteiger partial charge >= 0.3 is 0 Å². The van der Waals surface area contributed by atoms with Crippen LogP contribution < -0.4 is 5.32 Å². The van der Waals surface area contributed by atoms with Crippen LogP contribution in [0.15, 0.2) is 0 Å². The Morgan fingerprint density at radius 3 is 2.50 bits per heavy atom. The number of piperidine rings is 1. The zero-order valence-electron chi connectivity index (χ0n) is 14.1. The SMILES string of the molecule is CCC(C)(C)NCC(C)N1CCC(N2CCCCC2)C1. The molecule has 2 aliphatic rings. The zero-order chi connectivity index (χ0) is 14.6. The summed E-state index contributed by atoms with van der Waals surface area (Å²) in [5.74, 6) is 0. The van der Waals surface area contributed by atoms with Crippen LogP contribution in [0.1, 0.15) is 59.8 Å². The predicted molar refractivity (Wildman–Crippen MR) is 87.2 cm³/mol. The van der Waals surface area contributed by atoms with Gasteiger partial charge in [0.15, 0.2) is 0 Å². The van der Waals surface area contributed by atoms with Crippen molar-refractivity contribution in [1.29, 1.82) is 0 Å². The normalized spacial score (nSPS) is 27.9. The summed E-state index contributed by atoms with van der Waals surface area (Å²) in [7, 11) is 0. The molecule has 2 heterocycles. The first-order chi connectivity index (χ1) is 9.52. The van der Waals surface area contributed by atoms with Crippen LogP contribution in [-0.4, -0.2) is 60.1 Å². The van der Waals surface area contributed by atoms with Crippen molar-refractivity contribution in [3.63, 3.8) is 0 Å². The molecule has 2 saturated heterocycles. The second-order valence-corrected chi connectivity index (χ2v) is 7.50. The minimum atomic E-state index is 0.278. The maximum absolute atomic E-state index is 3.72. The van der Waals surface area contributed by atoms with Crippen LogP contribution in [0, 0.1) is 0 Å². The average Bonchev–Trinajstić information content (AvgIpc) is 2.96. The molecule has 0 aromatic heterocycles. The van der Waals surface area contributed by atoms with Crippen LogP contribution in [0.3, 0.4) is 0 Å². The smallest absolute Gasteiger partial charge is 0.0235 e. The molecule has 1 N–H and O–H groups in total. The van der Waals surface area contributed by atoms with E-state index in [-0.39, 0.29) is 5.54 Å². The molecule has 2 aliphatic heterocycles. The van der Waals surface area contributed by atoms with Gasteiger partial charge in [-0.2, -0.15) is 0 Å². The molecule has 2 fully saturated rings. The molecule has 2 unspecified atom stereocenters. The number of hydrogen-bond donors (Lipinski definition) is 1. The Bertz CT molecular complexity index is 284. The number of nitrogens with zero attached hydrogens (tertiary/aromatic N) is 2. The Balaban J connectivity index is 1.74. The molecule has 0 bridgehead atoms. The van der Waals surface area contributed by atoms with Crippen molar-refractivity contribution in [2.24, 2.45) is 0 Å². The molecule has 118 valence electrons. The monoisotopic (exact) mass is 281 g/mol. The molecule has 0 amide bonds. The summed E-state index contributed by atoms with van der Waals surface area (Å²) in [5.41, 5.74) is 0.278. The van der Waals surface area contributed by atoms with Crippen molar-refractivity contribution in [3.05, 3.63) is 0 Å². The van der Waals surface area contributed by atoms with E-state index >= 15 is 0 Å². The predicted octanol–water partition coefficient (Wildman–Crippen LogP) is 2.71. The number of likely N-dealkylation sites (tertiary alicyclic amines) is 2. The molecule has 0 radical (unpaired) electrons. The molecule has 3 heteroatoms. The molecular formula is C17H35N3. The van der Waals surface area contributed by atoms with E-state index in [4.69, 9.17) is 0 Å². The van der Waals surface area contributed by atoms with Gasteiger partial charge in [-0.15, -0.1) is 0 Å². The van der Waals surface area contributed by atoms with Crippen LogP contribution in [0.4, 0.5) is 0 Å². The summed E-state index contributed by atoms with van der Waals surface area (Å²) in [6, 6.07) is 1.49. The van der Waals surface area contributed by atoms with Gasteiger partial charge in [-0.05, 0) is 59.5 Å². The fourth-order valence-corrected chi connectivity index (χ4v) is 3.43. The van der Waals surface area contributed by atoms with Crippen LogP contribution >= 0.6 is 0 Å². The summed E-state index contributed by atoms with van der Waals surface area (Å²) in [6.07, 6.45) is 6.84. The van der Waals surface area contributed by atoms with Crippen molar-refractivity contribution in [3.8, 4) is 0 Å². The zero-order valence-corrected chi connectivity index (χ0v) is 14.1. The van der Waals surface area contributed by atoms with Gasteiger partial charge in [-0.3, -0.25) is 9.80 Å². The third-order valence-electron chi connectivity index (χ3n) is 5.49. The Labute approximate surface area is 126 Å². The maximum atomic E-state index is 3.72. The standard InChI is InChI=1S/C17H35N3/c1-5-17(3,4)18-13-15(2)20-12-9-16(14-20)19-10-7-6-8-11-19/h15-16,18H,5-14H2,1-4H3. The topological polar surface area (TPSA) is 18.5 Å². The minimum absolute atomic E-state index is 0.278. The van der Waals surface area contributed by atoms with Crippen molar-refractivity contribution in [2.45, 2.75) is 77.4 Å². The summed E-state index contributed by atoms with van der Waals surface area (Å²) in [5, 5.41) is 3.72. The lowest BCUT2D eigenvalue weighted by atomic mass is 10.0. The van der Waals surface area contributed by atoms with Gasteiger partial charge in [0, 0.05) is 37.3 Å². The number of hydrogen-bond acceptors (Lipinski definition) is 3. The van der Waals surface area contributed by atoms with E-state index < -0.39 is 0 Å². The molecule has 0 aromatic rings. The average molecular weight is 281 g/mol. The minimum Gasteiger partial charge on any atom is -0.310 e. The largest absolute Gasteiger partial charge is 0.310 e. The molecular weight excluding hydrogens is 246 g/mol. The molecule has 2 rings (SSSR count). The number of nitrogens with one attached hydrogen (secondary N) is 1. The van der Waals surface area contributed by atoms with E-state index in [1.807, 2.05) is 0 Å². The lowest BCUT2D eigenvalue weighted by Gasteiger charge is -2.34. The summed E-state index contributed by atoms with van der Waals surface area (Å²) in [4.78, 5) is 5.44. The van der Waals surface area contributed by atoms with Gasteiger partial charge in [0.2, 0.25) is 0 Å². The second-order valence-electron chi connectivity index (χ2n) is 7.50. The Morgan fingerprint density at radius 1 is 1.15 bits per heavy atom. The summed E-state index contributed by atoms with van der Waals surface area (Å²) < 4.78 is 0. The quantitative estimate of drug-likeness (QED) is 0.807. The van der Waals surface area contributed by atoms with Gasteiger partial charge in [0.25, 0.3) is 0 Å². The first-order valence-corrected chi connectivity index (χ1v) is 8.75. The highest BCUT2D eigenvalue weighted by Gasteiger charge is 2.30. The van der Waals surface area contributed by atoms with E-state index in [1.54, 1.807) is 0 Å². The molecule has 0 aliphatic carbocycles. The molecule has 3 nitrogen and oxygen atoms in total. The van der Waals surface area contributed by atoms with E-state index in [1.165, 1.54) is 58.3 Å². The first kappa shape index (κ1) is 16.3. The maximum Gasteiger partial charge on any atom is 0.0235 e. The van der Waals surface area contributed by atoms with Crippen LogP contribution in [0.2, 0.25) is 0 Å². The molecule has 0 spiro atoms. The Morgan fingerprint density at radius 2 is 1.85 bits per heavy atom. The third kappa shape index (κ3) is 4.44. The molecule has 2 atom stereocenters. The highest BCUT2D eigenvalue weighted by Crippen LogP contribution is 2.21. The van der Waals surface area contributed by atoms with E-state index in [9.17, 15) is 0 Å². The Kier molecular flexibility index (Phi) is 5.88. The van der Waals surface area contributed by atoms with Crippen molar-refractivity contribution in [2.75, 3.05) is 32.7 Å². The van der Waals surface area contributed by atoms with Gasteiger partial charge < -0.3 is 5.32 Å².